The summed E-state index contributed by atoms with van der Waals surface area (Å²) in [5.74, 6) is 0.929. The Balaban J connectivity index is 1.81. The molecule has 0 aromatic heterocycles. The molecule has 2 rings (SSSR count). The van der Waals surface area contributed by atoms with E-state index in [9.17, 15) is 0 Å². The number of methoxy groups -OCH3 is 1. The molecule has 0 saturated carbocycles. The van der Waals surface area contributed by atoms with Gasteiger partial charge in [0.1, 0.15) is 5.75 Å². The third-order valence-corrected chi connectivity index (χ3v) is 4.19. The van der Waals surface area contributed by atoms with E-state index >= 15 is 0 Å². The minimum atomic E-state index is 0.468. The highest BCUT2D eigenvalue weighted by Gasteiger charge is 2.20. The summed E-state index contributed by atoms with van der Waals surface area (Å²) in [5.41, 5.74) is 1.38. The highest BCUT2D eigenvalue weighted by atomic mass is 16.5. The molecule has 3 nitrogen and oxygen atoms in total. The van der Waals surface area contributed by atoms with Gasteiger partial charge in [-0.15, -0.1) is 0 Å². The minimum absolute atomic E-state index is 0.468. The Hall–Kier alpha value is -1.06. The first kappa shape index (κ1) is 16.3. The first-order chi connectivity index (χ1) is 10.3. The summed E-state index contributed by atoms with van der Waals surface area (Å²) in [6.07, 6.45) is 7.54. The van der Waals surface area contributed by atoms with Gasteiger partial charge in [-0.3, -0.25) is 0 Å². The van der Waals surface area contributed by atoms with Crippen LogP contribution < -0.4 is 10.1 Å². The van der Waals surface area contributed by atoms with Crippen molar-refractivity contribution in [3.63, 3.8) is 0 Å². The van der Waals surface area contributed by atoms with E-state index in [1.165, 1.54) is 31.2 Å². The van der Waals surface area contributed by atoms with Gasteiger partial charge in [-0.25, -0.2) is 0 Å². The molecule has 0 aliphatic carbocycles. The average molecular weight is 291 g/mol. The number of ether oxygens (including phenoxy) is 2. The maximum atomic E-state index is 5.79. The lowest BCUT2D eigenvalue weighted by atomic mass is 9.99. The van der Waals surface area contributed by atoms with Crippen LogP contribution in [0.5, 0.6) is 5.75 Å². The Morgan fingerprint density at radius 2 is 2.14 bits per heavy atom. The van der Waals surface area contributed by atoms with Gasteiger partial charge < -0.3 is 14.8 Å². The SMILES string of the molecule is CCCNC(CCc1ccc(OC)cc1)CC1CCCO1. The summed E-state index contributed by atoms with van der Waals surface area (Å²) in [6, 6.07) is 8.99. The predicted molar refractivity (Wildman–Crippen MR) is 87.0 cm³/mol. The Kier molecular flexibility index (Phi) is 7.04. The van der Waals surface area contributed by atoms with Crippen molar-refractivity contribution in [2.75, 3.05) is 20.3 Å². The van der Waals surface area contributed by atoms with Gasteiger partial charge >= 0.3 is 0 Å². The molecule has 1 N–H and O–H groups in total. The van der Waals surface area contributed by atoms with E-state index in [4.69, 9.17) is 9.47 Å². The molecule has 1 aromatic rings. The van der Waals surface area contributed by atoms with Crippen molar-refractivity contribution in [2.24, 2.45) is 0 Å². The second-order valence-corrected chi connectivity index (χ2v) is 5.91. The van der Waals surface area contributed by atoms with Gasteiger partial charge in [-0.1, -0.05) is 19.1 Å². The molecule has 0 radical (unpaired) electrons. The number of hydrogen-bond donors (Lipinski definition) is 1. The highest BCUT2D eigenvalue weighted by Crippen LogP contribution is 2.20. The molecule has 1 fully saturated rings. The lowest BCUT2D eigenvalue weighted by Gasteiger charge is -2.21. The van der Waals surface area contributed by atoms with E-state index < -0.39 is 0 Å². The largest absolute Gasteiger partial charge is 0.497 e. The number of rotatable bonds is 9. The summed E-state index contributed by atoms with van der Waals surface area (Å²) in [5, 5.41) is 3.68. The number of hydrogen-bond acceptors (Lipinski definition) is 3. The second-order valence-electron chi connectivity index (χ2n) is 5.91. The van der Waals surface area contributed by atoms with Gasteiger partial charge in [0.15, 0.2) is 0 Å². The van der Waals surface area contributed by atoms with Crippen molar-refractivity contribution in [1.82, 2.24) is 5.32 Å². The lowest BCUT2D eigenvalue weighted by Crippen LogP contribution is -2.33. The van der Waals surface area contributed by atoms with Crippen molar-refractivity contribution < 1.29 is 9.47 Å². The van der Waals surface area contributed by atoms with Crippen molar-refractivity contribution in [3.05, 3.63) is 29.8 Å². The van der Waals surface area contributed by atoms with Crippen LogP contribution in [0.3, 0.4) is 0 Å². The molecular formula is C18H29NO2. The normalized spacial score (nSPS) is 19.6. The van der Waals surface area contributed by atoms with E-state index in [0.717, 1.165) is 31.7 Å². The third-order valence-electron chi connectivity index (χ3n) is 4.19. The van der Waals surface area contributed by atoms with Crippen LogP contribution in [-0.4, -0.2) is 32.4 Å². The third kappa shape index (κ3) is 5.68. The first-order valence-electron chi connectivity index (χ1n) is 8.29. The smallest absolute Gasteiger partial charge is 0.118 e. The van der Waals surface area contributed by atoms with Gasteiger partial charge in [0, 0.05) is 12.6 Å². The van der Waals surface area contributed by atoms with E-state index in [1.54, 1.807) is 7.11 Å². The molecule has 0 bridgehead atoms. The molecule has 2 atom stereocenters. The zero-order chi connectivity index (χ0) is 14.9. The van der Waals surface area contributed by atoms with Crippen LogP contribution in [0.25, 0.3) is 0 Å². The fourth-order valence-corrected chi connectivity index (χ4v) is 2.93. The van der Waals surface area contributed by atoms with E-state index in [0.29, 0.717) is 12.1 Å². The van der Waals surface area contributed by atoms with Gasteiger partial charge in [-0.2, -0.15) is 0 Å². The van der Waals surface area contributed by atoms with Crippen LogP contribution in [-0.2, 0) is 11.2 Å². The van der Waals surface area contributed by atoms with Gasteiger partial charge in [0.2, 0.25) is 0 Å². The Morgan fingerprint density at radius 3 is 2.76 bits per heavy atom. The monoisotopic (exact) mass is 291 g/mol. The molecule has 1 aromatic carbocycles. The maximum absolute atomic E-state index is 5.79. The molecule has 0 amide bonds. The molecule has 21 heavy (non-hydrogen) atoms. The Bertz CT molecular complexity index is 385. The summed E-state index contributed by atoms with van der Waals surface area (Å²) >= 11 is 0. The van der Waals surface area contributed by atoms with Crippen LogP contribution in [0.15, 0.2) is 24.3 Å². The summed E-state index contributed by atoms with van der Waals surface area (Å²) < 4.78 is 11.0. The fourth-order valence-electron chi connectivity index (χ4n) is 2.93. The van der Waals surface area contributed by atoms with Crippen molar-refractivity contribution in [1.29, 1.82) is 0 Å². The van der Waals surface area contributed by atoms with Crippen molar-refractivity contribution >= 4 is 0 Å². The van der Waals surface area contributed by atoms with Gasteiger partial charge in [0.25, 0.3) is 0 Å². The summed E-state index contributed by atoms with van der Waals surface area (Å²) in [7, 11) is 1.71. The van der Waals surface area contributed by atoms with Gasteiger partial charge in [0.05, 0.1) is 13.2 Å². The molecule has 118 valence electrons. The quantitative estimate of drug-likeness (QED) is 0.754. The molecular weight excluding hydrogens is 262 g/mol. The lowest BCUT2D eigenvalue weighted by molar-refractivity contribution is 0.0936. The molecule has 2 unspecified atom stereocenters. The molecule has 1 saturated heterocycles. The fraction of sp³-hybridized carbons (Fsp3) is 0.667. The van der Waals surface area contributed by atoms with E-state index in [2.05, 4.69) is 24.4 Å². The molecule has 1 aliphatic rings. The average Bonchev–Trinajstić information content (AvgIpc) is 3.03. The van der Waals surface area contributed by atoms with Crippen LogP contribution in [0.2, 0.25) is 0 Å². The second kappa shape index (κ2) is 9.06. The van der Waals surface area contributed by atoms with Gasteiger partial charge in [-0.05, 0) is 62.8 Å². The van der Waals surface area contributed by atoms with Crippen molar-refractivity contribution in [3.8, 4) is 5.75 Å². The number of benzene rings is 1. The van der Waals surface area contributed by atoms with Crippen LogP contribution in [0.4, 0.5) is 0 Å². The molecule has 3 heteroatoms. The van der Waals surface area contributed by atoms with E-state index in [-0.39, 0.29) is 0 Å². The highest BCUT2D eigenvalue weighted by molar-refractivity contribution is 5.27. The van der Waals surface area contributed by atoms with Crippen LogP contribution in [0, 0.1) is 0 Å². The zero-order valence-electron chi connectivity index (χ0n) is 13.4. The van der Waals surface area contributed by atoms with Crippen molar-refractivity contribution in [2.45, 2.75) is 57.6 Å². The van der Waals surface area contributed by atoms with Crippen LogP contribution >= 0.6 is 0 Å². The molecule has 1 heterocycles. The predicted octanol–water partition coefficient (Wildman–Crippen LogP) is 3.57. The Labute approximate surface area is 129 Å². The van der Waals surface area contributed by atoms with E-state index in [1.807, 2.05) is 12.1 Å². The molecule has 1 aliphatic heterocycles. The number of nitrogens with one attached hydrogen (secondary N) is 1. The number of aryl methyl sites for hydroxylation is 1. The first-order valence-corrected chi connectivity index (χ1v) is 8.29. The summed E-state index contributed by atoms with van der Waals surface area (Å²) in [6.45, 7) is 4.27. The molecule has 0 spiro atoms. The Morgan fingerprint density at radius 1 is 1.33 bits per heavy atom. The maximum Gasteiger partial charge on any atom is 0.118 e. The zero-order valence-corrected chi connectivity index (χ0v) is 13.4. The van der Waals surface area contributed by atoms with Crippen LogP contribution in [0.1, 0.15) is 44.6 Å². The minimum Gasteiger partial charge on any atom is -0.497 e. The topological polar surface area (TPSA) is 30.5 Å². The summed E-state index contributed by atoms with van der Waals surface area (Å²) in [4.78, 5) is 0. The standard InChI is InChI=1S/C18H29NO2/c1-3-12-19-16(14-18-5-4-13-21-18)9-6-15-7-10-17(20-2)11-8-15/h7-8,10-11,16,18-19H,3-6,9,12-14H2,1-2H3.